The van der Waals surface area contributed by atoms with Crippen LogP contribution < -0.4 is 10.6 Å². The van der Waals surface area contributed by atoms with Crippen molar-refractivity contribution in [3.8, 4) is 0 Å². The average Bonchev–Trinajstić information content (AvgIpc) is 2.59. The summed E-state index contributed by atoms with van der Waals surface area (Å²) in [4.78, 5) is 15.2. The van der Waals surface area contributed by atoms with Crippen LogP contribution in [0.2, 0.25) is 0 Å². The van der Waals surface area contributed by atoms with Crippen molar-refractivity contribution in [2.45, 2.75) is 20.4 Å². The van der Waals surface area contributed by atoms with E-state index in [1.807, 2.05) is 36.9 Å². The SMILES string of the molecule is Cc1nc(N(Cc2ccccn2)c2ccc(F)cc2)nc(N)c1C. The Bertz CT molecular complexity index is 811. The minimum Gasteiger partial charge on any atom is -0.383 e. The Labute approximate surface area is 140 Å². The Morgan fingerprint density at radius 1 is 1.04 bits per heavy atom. The maximum atomic E-state index is 13.3. The first-order valence-electron chi connectivity index (χ1n) is 7.58. The Balaban J connectivity index is 2.06. The standard InChI is InChI=1S/C18H18FN5/c1-12-13(2)22-18(23-17(12)20)24(11-15-5-3-4-10-21-15)16-8-6-14(19)7-9-16/h3-10H,11H2,1-2H3,(H2,20,22,23). The van der Waals surface area contributed by atoms with Crippen molar-refractivity contribution < 1.29 is 4.39 Å². The van der Waals surface area contributed by atoms with Gasteiger partial charge in [-0.2, -0.15) is 4.98 Å². The number of halogens is 1. The van der Waals surface area contributed by atoms with Crippen LogP contribution in [0.1, 0.15) is 17.0 Å². The van der Waals surface area contributed by atoms with Gasteiger partial charge in [-0.3, -0.25) is 4.98 Å². The molecule has 0 atom stereocenters. The van der Waals surface area contributed by atoms with Crippen molar-refractivity contribution in [2.75, 3.05) is 10.6 Å². The number of hydrogen-bond acceptors (Lipinski definition) is 5. The number of nitrogens with two attached hydrogens (primary N) is 1. The molecule has 0 fully saturated rings. The van der Waals surface area contributed by atoms with Crippen LogP contribution in [-0.2, 0) is 6.54 Å². The summed E-state index contributed by atoms with van der Waals surface area (Å²) in [6, 6.07) is 11.9. The molecule has 122 valence electrons. The summed E-state index contributed by atoms with van der Waals surface area (Å²) >= 11 is 0. The van der Waals surface area contributed by atoms with Crippen molar-refractivity contribution in [3.63, 3.8) is 0 Å². The van der Waals surface area contributed by atoms with E-state index >= 15 is 0 Å². The van der Waals surface area contributed by atoms with Crippen molar-refractivity contribution in [3.05, 3.63) is 71.4 Å². The second kappa shape index (κ2) is 6.62. The van der Waals surface area contributed by atoms with E-state index in [9.17, 15) is 4.39 Å². The minimum atomic E-state index is -0.294. The fraction of sp³-hybridized carbons (Fsp3) is 0.167. The zero-order valence-corrected chi connectivity index (χ0v) is 13.6. The number of nitrogens with zero attached hydrogens (tertiary/aromatic N) is 4. The first-order valence-corrected chi connectivity index (χ1v) is 7.58. The van der Waals surface area contributed by atoms with Gasteiger partial charge in [0.1, 0.15) is 11.6 Å². The number of aryl methyl sites for hydroxylation is 1. The van der Waals surface area contributed by atoms with E-state index in [4.69, 9.17) is 5.73 Å². The van der Waals surface area contributed by atoms with Gasteiger partial charge in [0.05, 0.1) is 12.2 Å². The third-order valence-electron chi connectivity index (χ3n) is 3.84. The Hall–Kier alpha value is -3.02. The number of aromatic nitrogens is 3. The molecule has 0 amide bonds. The van der Waals surface area contributed by atoms with E-state index in [1.165, 1.54) is 12.1 Å². The van der Waals surface area contributed by atoms with Crippen LogP contribution in [0.5, 0.6) is 0 Å². The van der Waals surface area contributed by atoms with Gasteiger partial charge in [0.2, 0.25) is 5.95 Å². The highest BCUT2D eigenvalue weighted by atomic mass is 19.1. The normalized spacial score (nSPS) is 10.6. The molecule has 24 heavy (non-hydrogen) atoms. The third kappa shape index (κ3) is 3.32. The number of anilines is 3. The van der Waals surface area contributed by atoms with Crippen LogP contribution >= 0.6 is 0 Å². The zero-order valence-electron chi connectivity index (χ0n) is 13.6. The molecule has 0 saturated heterocycles. The number of rotatable bonds is 4. The van der Waals surface area contributed by atoms with Crippen LogP contribution in [0.25, 0.3) is 0 Å². The summed E-state index contributed by atoms with van der Waals surface area (Å²) in [5.74, 6) is 0.607. The number of benzene rings is 1. The summed E-state index contributed by atoms with van der Waals surface area (Å²) in [6.07, 6.45) is 1.73. The zero-order chi connectivity index (χ0) is 17.1. The molecule has 0 aliphatic carbocycles. The van der Waals surface area contributed by atoms with Crippen molar-refractivity contribution in [2.24, 2.45) is 0 Å². The van der Waals surface area contributed by atoms with Gasteiger partial charge in [0, 0.05) is 23.1 Å². The minimum absolute atomic E-state index is 0.294. The third-order valence-corrected chi connectivity index (χ3v) is 3.84. The molecule has 1 aromatic carbocycles. The predicted octanol–water partition coefficient (Wildman–Crippen LogP) is 3.55. The molecule has 0 aliphatic rings. The van der Waals surface area contributed by atoms with E-state index in [-0.39, 0.29) is 5.82 Å². The van der Waals surface area contributed by atoms with Crippen molar-refractivity contribution in [1.82, 2.24) is 15.0 Å². The van der Waals surface area contributed by atoms with Crippen LogP contribution in [0.3, 0.4) is 0 Å². The van der Waals surface area contributed by atoms with Crippen LogP contribution in [0, 0.1) is 19.7 Å². The quantitative estimate of drug-likeness (QED) is 0.795. The van der Waals surface area contributed by atoms with E-state index in [0.717, 1.165) is 22.6 Å². The van der Waals surface area contributed by atoms with Crippen LogP contribution in [0.15, 0.2) is 48.7 Å². The Morgan fingerprint density at radius 2 is 1.79 bits per heavy atom. The first-order chi connectivity index (χ1) is 11.5. The molecule has 0 radical (unpaired) electrons. The summed E-state index contributed by atoms with van der Waals surface area (Å²) in [6.45, 7) is 4.23. The van der Waals surface area contributed by atoms with E-state index in [0.29, 0.717) is 18.3 Å². The molecule has 3 rings (SSSR count). The largest absolute Gasteiger partial charge is 0.383 e. The second-order valence-electron chi connectivity index (χ2n) is 5.50. The molecule has 5 nitrogen and oxygen atoms in total. The second-order valence-corrected chi connectivity index (χ2v) is 5.50. The number of hydrogen-bond donors (Lipinski definition) is 1. The smallest absolute Gasteiger partial charge is 0.232 e. The topological polar surface area (TPSA) is 67.9 Å². The van der Waals surface area contributed by atoms with Gasteiger partial charge in [-0.05, 0) is 50.2 Å². The van der Waals surface area contributed by atoms with Crippen molar-refractivity contribution in [1.29, 1.82) is 0 Å². The molecule has 3 aromatic rings. The molecular formula is C18H18FN5. The van der Waals surface area contributed by atoms with Crippen molar-refractivity contribution >= 4 is 17.5 Å². The molecule has 0 saturated carbocycles. The van der Waals surface area contributed by atoms with E-state index < -0.39 is 0 Å². The molecule has 0 spiro atoms. The summed E-state index contributed by atoms with van der Waals surface area (Å²) < 4.78 is 13.3. The fourth-order valence-corrected chi connectivity index (χ4v) is 2.31. The summed E-state index contributed by atoms with van der Waals surface area (Å²) in [7, 11) is 0. The molecular weight excluding hydrogens is 305 g/mol. The van der Waals surface area contributed by atoms with E-state index in [2.05, 4.69) is 15.0 Å². The lowest BCUT2D eigenvalue weighted by Crippen LogP contribution is -2.21. The Kier molecular flexibility index (Phi) is 4.37. The molecule has 0 unspecified atom stereocenters. The Morgan fingerprint density at radius 3 is 2.42 bits per heavy atom. The van der Waals surface area contributed by atoms with Gasteiger partial charge in [-0.1, -0.05) is 6.07 Å². The molecule has 0 aliphatic heterocycles. The van der Waals surface area contributed by atoms with Gasteiger partial charge in [0.25, 0.3) is 0 Å². The first kappa shape index (κ1) is 15.9. The highest BCUT2D eigenvalue weighted by Crippen LogP contribution is 2.26. The predicted molar refractivity (Wildman–Crippen MR) is 92.4 cm³/mol. The molecule has 2 N–H and O–H groups in total. The molecule has 6 heteroatoms. The number of nitrogen functional groups attached to an aromatic ring is 1. The maximum Gasteiger partial charge on any atom is 0.232 e. The molecule has 2 aromatic heterocycles. The number of pyridine rings is 1. The highest BCUT2D eigenvalue weighted by Gasteiger charge is 2.16. The molecule has 0 bridgehead atoms. The summed E-state index contributed by atoms with van der Waals surface area (Å²) in [5, 5.41) is 0. The van der Waals surface area contributed by atoms with Gasteiger partial charge < -0.3 is 10.6 Å². The van der Waals surface area contributed by atoms with E-state index in [1.54, 1.807) is 18.3 Å². The lowest BCUT2D eigenvalue weighted by atomic mass is 10.2. The van der Waals surface area contributed by atoms with Crippen LogP contribution in [0.4, 0.5) is 21.8 Å². The summed E-state index contributed by atoms with van der Waals surface area (Å²) in [5.41, 5.74) is 9.29. The lowest BCUT2D eigenvalue weighted by Gasteiger charge is -2.23. The van der Waals surface area contributed by atoms with Gasteiger partial charge in [0.15, 0.2) is 0 Å². The monoisotopic (exact) mass is 323 g/mol. The van der Waals surface area contributed by atoms with Gasteiger partial charge in [-0.25, -0.2) is 9.37 Å². The van der Waals surface area contributed by atoms with Gasteiger partial charge in [-0.15, -0.1) is 0 Å². The average molecular weight is 323 g/mol. The lowest BCUT2D eigenvalue weighted by molar-refractivity contribution is 0.627. The molecule has 2 heterocycles. The van der Waals surface area contributed by atoms with Crippen LogP contribution in [-0.4, -0.2) is 15.0 Å². The fourth-order valence-electron chi connectivity index (χ4n) is 2.31. The van der Waals surface area contributed by atoms with Gasteiger partial charge >= 0.3 is 0 Å². The highest BCUT2D eigenvalue weighted by molar-refractivity contribution is 5.59. The maximum absolute atomic E-state index is 13.3.